The molecular weight excluding hydrogens is 438 g/mol. The Morgan fingerprint density at radius 1 is 0.771 bits per heavy atom. The number of nitrogens with zero attached hydrogens (tertiary/aromatic N) is 1. The van der Waals surface area contributed by atoms with Gasteiger partial charge in [0.15, 0.2) is 0 Å². The standard InChI is InChI=1S/C29H33N3O3/c33-28(30-16-17-32-18-20-35-21-19-32)26(22-23-10-4-1-5-11-23)31-29(34)27(24-12-6-2-7-13-24)25-14-8-3-9-15-25/h1-15,26-27H,16-22H2,(H,30,33)(H,31,34). The van der Waals surface area contributed by atoms with E-state index >= 15 is 0 Å². The van der Waals surface area contributed by atoms with E-state index in [9.17, 15) is 9.59 Å². The number of carbonyl (C=O) groups excluding carboxylic acids is 2. The molecule has 2 N–H and O–H groups in total. The van der Waals surface area contributed by atoms with E-state index in [4.69, 9.17) is 4.74 Å². The third-order valence-corrected chi connectivity index (χ3v) is 6.27. The molecule has 6 heteroatoms. The Hall–Kier alpha value is -3.48. The summed E-state index contributed by atoms with van der Waals surface area (Å²) >= 11 is 0. The average molecular weight is 472 g/mol. The van der Waals surface area contributed by atoms with Gasteiger partial charge in [-0.3, -0.25) is 14.5 Å². The Balaban J connectivity index is 1.49. The van der Waals surface area contributed by atoms with Crippen molar-refractivity contribution in [3.63, 3.8) is 0 Å². The summed E-state index contributed by atoms with van der Waals surface area (Å²) in [6.45, 7) is 4.48. The quantitative estimate of drug-likeness (QED) is 0.477. The van der Waals surface area contributed by atoms with Gasteiger partial charge in [-0.25, -0.2) is 0 Å². The average Bonchev–Trinajstić information content (AvgIpc) is 2.91. The fourth-order valence-corrected chi connectivity index (χ4v) is 4.39. The summed E-state index contributed by atoms with van der Waals surface area (Å²) in [5.41, 5.74) is 2.78. The first kappa shape index (κ1) is 24.6. The number of rotatable bonds is 10. The first-order valence-corrected chi connectivity index (χ1v) is 12.2. The molecule has 6 nitrogen and oxygen atoms in total. The summed E-state index contributed by atoms with van der Waals surface area (Å²) in [6.07, 6.45) is 0.423. The maximum absolute atomic E-state index is 13.7. The van der Waals surface area contributed by atoms with Crippen LogP contribution in [0.15, 0.2) is 91.0 Å². The Morgan fingerprint density at radius 2 is 1.31 bits per heavy atom. The lowest BCUT2D eigenvalue weighted by molar-refractivity contribution is -0.129. The van der Waals surface area contributed by atoms with Crippen LogP contribution in [0.4, 0.5) is 0 Å². The van der Waals surface area contributed by atoms with Crippen molar-refractivity contribution in [1.29, 1.82) is 0 Å². The van der Waals surface area contributed by atoms with Crippen molar-refractivity contribution in [3.8, 4) is 0 Å². The highest BCUT2D eigenvalue weighted by atomic mass is 16.5. The zero-order chi connectivity index (χ0) is 24.3. The molecular formula is C29H33N3O3. The summed E-state index contributed by atoms with van der Waals surface area (Å²) in [6, 6.07) is 28.5. The molecule has 4 rings (SSSR count). The minimum atomic E-state index is -0.676. The second kappa shape index (κ2) is 12.8. The van der Waals surface area contributed by atoms with E-state index in [0.717, 1.165) is 49.5 Å². The lowest BCUT2D eigenvalue weighted by atomic mass is 9.90. The first-order chi connectivity index (χ1) is 17.2. The summed E-state index contributed by atoms with van der Waals surface area (Å²) in [7, 11) is 0. The van der Waals surface area contributed by atoms with Crippen LogP contribution in [0.5, 0.6) is 0 Å². The van der Waals surface area contributed by atoms with E-state index in [1.807, 2.05) is 91.0 Å². The van der Waals surface area contributed by atoms with E-state index in [2.05, 4.69) is 15.5 Å². The molecule has 0 aromatic heterocycles. The normalized spacial score (nSPS) is 14.9. The van der Waals surface area contributed by atoms with Crippen molar-refractivity contribution in [1.82, 2.24) is 15.5 Å². The molecule has 1 atom stereocenters. The summed E-state index contributed by atoms with van der Waals surface area (Å²) in [4.78, 5) is 29.2. The van der Waals surface area contributed by atoms with Crippen LogP contribution in [0.25, 0.3) is 0 Å². The third kappa shape index (κ3) is 7.25. The van der Waals surface area contributed by atoms with Gasteiger partial charge < -0.3 is 15.4 Å². The van der Waals surface area contributed by atoms with E-state index in [1.54, 1.807) is 0 Å². The minimum absolute atomic E-state index is 0.171. The molecule has 0 aliphatic carbocycles. The van der Waals surface area contributed by atoms with Crippen LogP contribution in [-0.4, -0.2) is 62.1 Å². The van der Waals surface area contributed by atoms with Crippen molar-refractivity contribution >= 4 is 11.8 Å². The highest BCUT2D eigenvalue weighted by Crippen LogP contribution is 2.25. The molecule has 0 bridgehead atoms. The van der Waals surface area contributed by atoms with Crippen LogP contribution in [-0.2, 0) is 20.7 Å². The Morgan fingerprint density at radius 3 is 1.89 bits per heavy atom. The monoisotopic (exact) mass is 471 g/mol. The van der Waals surface area contributed by atoms with Crippen LogP contribution >= 0.6 is 0 Å². The van der Waals surface area contributed by atoms with E-state index in [1.165, 1.54) is 0 Å². The van der Waals surface area contributed by atoms with Gasteiger partial charge in [0.2, 0.25) is 11.8 Å². The molecule has 2 amide bonds. The third-order valence-electron chi connectivity index (χ3n) is 6.27. The van der Waals surface area contributed by atoms with Gasteiger partial charge in [-0.2, -0.15) is 0 Å². The van der Waals surface area contributed by atoms with Gasteiger partial charge in [0, 0.05) is 32.6 Å². The van der Waals surface area contributed by atoms with Crippen molar-refractivity contribution in [3.05, 3.63) is 108 Å². The molecule has 0 radical (unpaired) electrons. The second-order valence-electron chi connectivity index (χ2n) is 8.75. The molecule has 1 aliphatic heterocycles. The smallest absolute Gasteiger partial charge is 0.242 e. The predicted octanol–water partition coefficient (Wildman–Crippen LogP) is 2.99. The number of benzene rings is 3. The number of ether oxygens (including phenoxy) is 1. The van der Waals surface area contributed by atoms with Gasteiger partial charge in [-0.15, -0.1) is 0 Å². The lowest BCUT2D eigenvalue weighted by Gasteiger charge is -2.27. The van der Waals surface area contributed by atoms with E-state index < -0.39 is 12.0 Å². The maximum Gasteiger partial charge on any atom is 0.242 e. The van der Waals surface area contributed by atoms with Gasteiger partial charge in [0.05, 0.1) is 19.1 Å². The molecule has 1 heterocycles. The highest BCUT2D eigenvalue weighted by molar-refractivity contribution is 5.92. The van der Waals surface area contributed by atoms with Gasteiger partial charge in [0.25, 0.3) is 0 Å². The minimum Gasteiger partial charge on any atom is -0.379 e. The largest absolute Gasteiger partial charge is 0.379 e. The summed E-state index contributed by atoms with van der Waals surface area (Å²) < 4.78 is 5.39. The topological polar surface area (TPSA) is 70.7 Å². The van der Waals surface area contributed by atoms with Crippen molar-refractivity contribution < 1.29 is 14.3 Å². The van der Waals surface area contributed by atoms with Crippen LogP contribution in [0.2, 0.25) is 0 Å². The summed E-state index contributed by atoms with van der Waals surface area (Å²) in [5.74, 6) is -0.862. The number of carbonyl (C=O) groups is 2. The van der Waals surface area contributed by atoms with Gasteiger partial charge in [-0.1, -0.05) is 91.0 Å². The molecule has 1 aliphatic rings. The van der Waals surface area contributed by atoms with Gasteiger partial charge >= 0.3 is 0 Å². The SMILES string of the molecule is O=C(NCCN1CCOCC1)C(Cc1ccccc1)NC(=O)C(c1ccccc1)c1ccccc1. The second-order valence-corrected chi connectivity index (χ2v) is 8.75. The van der Waals surface area contributed by atoms with Crippen LogP contribution < -0.4 is 10.6 Å². The van der Waals surface area contributed by atoms with E-state index in [0.29, 0.717) is 13.0 Å². The Bertz CT molecular complexity index is 1010. The van der Waals surface area contributed by atoms with E-state index in [-0.39, 0.29) is 11.8 Å². The highest BCUT2D eigenvalue weighted by Gasteiger charge is 2.28. The zero-order valence-corrected chi connectivity index (χ0v) is 19.9. The van der Waals surface area contributed by atoms with Crippen molar-refractivity contribution in [2.45, 2.75) is 18.4 Å². The first-order valence-electron chi connectivity index (χ1n) is 12.2. The van der Waals surface area contributed by atoms with Gasteiger partial charge in [0.1, 0.15) is 6.04 Å². The van der Waals surface area contributed by atoms with Gasteiger partial charge in [-0.05, 0) is 16.7 Å². The Kier molecular flexibility index (Phi) is 9.04. The van der Waals surface area contributed by atoms with Crippen molar-refractivity contribution in [2.24, 2.45) is 0 Å². The number of hydrogen-bond acceptors (Lipinski definition) is 4. The molecule has 3 aromatic rings. The molecule has 182 valence electrons. The van der Waals surface area contributed by atoms with Crippen LogP contribution in [0.1, 0.15) is 22.6 Å². The molecule has 3 aromatic carbocycles. The molecule has 1 saturated heterocycles. The zero-order valence-electron chi connectivity index (χ0n) is 19.9. The maximum atomic E-state index is 13.7. The number of hydrogen-bond donors (Lipinski definition) is 2. The predicted molar refractivity (Wildman–Crippen MR) is 137 cm³/mol. The molecule has 1 unspecified atom stereocenters. The Labute approximate surface area is 207 Å². The molecule has 0 spiro atoms. The number of nitrogens with one attached hydrogen (secondary N) is 2. The number of amides is 2. The molecule has 35 heavy (non-hydrogen) atoms. The van der Waals surface area contributed by atoms with Crippen LogP contribution in [0.3, 0.4) is 0 Å². The fourth-order valence-electron chi connectivity index (χ4n) is 4.39. The molecule has 1 fully saturated rings. The fraction of sp³-hybridized carbons (Fsp3) is 0.310. The number of morpholine rings is 1. The van der Waals surface area contributed by atoms with Crippen molar-refractivity contribution in [2.75, 3.05) is 39.4 Å². The lowest BCUT2D eigenvalue weighted by Crippen LogP contribution is -2.51. The molecule has 0 saturated carbocycles. The summed E-state index contributed by atoms with van der Waals surface area (Å²) in [5, 5.41) is 6.10. The van der Waals surface area contributed by atoms with Crippen LogP contribution in [0, 0.1) is 0 Å².